The third-order valence-corrected chi connectivity index (χ3v) is 19.6. The van der Waals surface area contributed by atoms with E-state index in [-0.39, 0.29) is 0 Å². The van der Waals surface area contributed by atoms with E-state index in [1.54, 1.807) is 0 Å². The Balaban J connectivity index is 2.02. The molecule has 0 atom stereocenters. The molecule has 0 aliphatic heterocycles. The van der Waals surface area contributed by atoms with Gasteiger partial charge in [-0.05, 0) is 68.7 Å². The number of hydrogen-bond acceptors (Lipinski definition) is 4. The molecule has 1 aromatic carbocycles. The highest BCUT2D eigenvalue weighted by Crippen LogP contribution is 2.26. The highest BCUT2D eigenvalue weighted by Gasteiger charge is 2.39. The maximum Gasteiger partial charge on any atom is 0.314 e. The van der Waals surface area contributed by atoms with Gasteiger partial charge in [0.15, 0.2) is 16.6 Å². The van der Waals surface area contributed by atoms with Gasteiger partial charge < -0.3 is 8.23 Å². The molecule has 0 radical (unpaired) electrons. The van der Waals surface area contributed by atoms with E-state index >= 15 is 0 Å². The standard InChI is InChI=1S/C25H53N3O2Si5/c1-31(2,3)22-18-19-23(32(4,5)6)25-24(22)26-28(27-25)20-16-14-15-17-21-35(13,29-33(7,8)9)30-34(10,11)12/h18-19H,14-17,20-21H2,1-13H3. The van der Waals surface area contributed by atoms with E-state index in [1.165, 1.54) is 29.6 Å². The van der Waals surface area contributed by atoms with Gasteiger partial charge in [-0.2, -0.15) is 15.0 Å². The molecule has 1 aromatic heterocycles. The Hall–Kier alpha value is -0.376. The number of nitrogens with zero attached hydrogens (tertiary/aromatic N) is 3. The zero-order valence-corrected chi connectivity index (χ0v) is 30.1. The van der Waals surface area contributed by atoms with Gasteiger partial charge in [0.05, 0.1) is 22.7 Å². The number of benzene rings is 1. The Kier molecular flexibility index (Phi) is 9.84. The second kappa shape index (κ2) is 11.2. The second-order valence-electron chi connectivity index (χ2n) is 14.4. The number of fused-ring (bicyclic) bond motifs is 1. The Morgan fingerprint density at radius 2 is 1.00 bits per heavy atom. The molecule has 200 valence electrons. The Bertz CT molecular complexity index is 915. The summed E-state index contributed by atoms with van der Waals surface area (Å²) in [5.74, 6) is 0. The van der Waals surface area contributed by atoms with Crippen LogP contribution in [0.5, 0.6) is 0 Å². The van der Waals surface area contributed by atoms with Crippen LogP contribution in [0.3, 0.4) is 0 Å². The van der Waals surface area contributed by atoms with Crippen molar-refractivity contribution in [2.75, 3.05) is 0 Å². The van der Waals surface area contributed by atoms with Crippen LogP contribution in [0.15, 0.2) is 12.1 Å². The molecule has 0 amide bonds. The van der Waals surface area contributed by atoms with E-state index in [4.69, 9.17) is 18.4 Å². The lowest BCUT2D eigenvalue weighted by atomic mass is 10.2. The van der Waals surface area contributed by atoms with E-state index in [9.17, 15) is 0 Å². The first-order chi connectivity index (χ1) is 15.7. The molecule has 0 aliphatic rings. The number of unbranched alkanes of at least 4 members (excludes halogenated alkanes) is 3. The monoisotopic (exact) mass is 567 g/mol. The summed E-state index contributed by atoms with van der Waals surface area (Å²) < 4.78 is 13.3. The van der Waals surface area contributed by atoms with Crippen LogP contribution in [-0.2, 0) is 14.8 Å². The first kappa shape index (κ1) is 30.8. The second-order valence-corrected chi connectivity index (χ2v) is 37.3. The fourth-order valence-electron chi connectivity index (χ4n) is 4.82. The van der Waals surface area contributed by atoms with E-state index in [0.717, 1.165) is 30.0 Å². The van der Waals surface area contributed by atoms with Crippen molar-refractivity contribution in [2.45, 2.75) is 123 Å². The summed E-state index contributed by atoms with van der Waals surface area (Å²) in [5.41, 5.74) is 2.33. The van der Waals surface area contributed by atoms with Crippen LogP contribution in [0, 0.1) is 0 Å². The number of rotatable bonds is 13. The lowest BCUT2D eigenvalue weighted by Gasteiger charge is -2.38. The van der Waals surface area contributed by atoms with Gasteiger partial charge in [-0.25, -0.2) is 0 Å². The Morgan fingerprint density at radius 1 is 0.600 bits per heavy atom. The summed E-state index contributed by atoms with van der Waals surface area (Å²) in [5, 5.41) is 12.9. The van der Waals surface area contributed by atoms with E-state index in [1.807, 2.05) is 4.80 Å². The fraction of sp³-hybridized carbons (Fsp3) is 0.760. The largest absolute Gasteiger partial charge is 0.437 e. The van der Waals surface area contributed by atoms with E-state index in [0.29, 0.717) is 0 Å². The molecule has 2 rings (SSSR count). The molecular weight excluding hydrogens is 515 g/mol. The minimum Gasteiger partial charge on any atom is -0.437 e. The van der Waals surface area contributed by atoms with Crippen molar-refractivity contribution >= 4 is 62.8 Å². The molecule has 0 unspecified atom stereocenters. The molecule has 35 heavy (non-hydrogen) atoms. The van der Waals surface area contributed by atoms with Crippen molar-refractivity contribution in [2.24, 2.45) is 0 Å². The molecule has 2 aromatic rings. The maximum atomic E-state index is 6.66. The quantitative estimate of drug-likeness (QED) is 0.196. The predicted molar refractivity (Wildman–Crippen MR) is 167 cm³/mol. The Morgan fingerprint density at radius 3 is 1.37 bits per heavy atom. The molecule has 0 spiro atoms. The molecule has 0 saturated heterocycles. The molecular formula is C25H53N3O2Si5. The first-order valence-electron chi connectivity index (χ1n) is 13.5. The smallest absolute Gasteiger partial charge is 0.314 e. The predicted octanol–water partition coefficient (Wildman–Crippen LogP) is 6.86. The SMILES string of the molecule is C[Si](C)(C)O[Si](C)(CCCCCCn1nc2c([Si](C)(C)C)ccc([Si](C)(C)C)c2n1)O[Si](C)(C)C. The normalized spacial score (nSPS) is 14.2. The maximum absolute atomic E-state index is 6.66. The lowest BCUT2D eigenvalue weighted by molar-refractivity contribution is 0.379. The summed E-state index contributed by atoms with van der Waals surface area (Å²) >= 11 is 0. The first-order valence-corrected chi connectivity index (χ1v) is 29.8. The van der Waals surface area contributed by atoms with Crippen molar-refractivity contribution in [3.63, 3.8) is 0 Å². The van der Waals surface area contributed by atoms with Crippen molar-refractivity contribution in [1.82, 2.24) is 15.0 Å². The van der Waals surface area contributed by atoms with Crippen molar-refractivity contribution in [3.8, 4) is 0 Å². The van der Waals surface area contributed by atoms with Gasteiger partial charge in [0, 0.05) is 0 Å². The summed E-state index contributed by atoms with van der Waals surface area (Å²) in [7, 11) is -8.32. The highest BCUT2D eigenvalue weighted by molar-refractivity contribution is 6.92. The van der Waals surface area contributed by atoms with Crippen molar-refractivity contribution in [1.29, 1.82) is 0 Å². The summed E-state index contributed by atoms with van der Waals surface area (Å²) in [6.07, 6.45) is 4.72. The zero-order chi connectivity index (χ0) is 26.9. The van der Waals surface area contributed by atoms with Crippen LogP contribution in [0.25, 0.3) is 11.0 Å². The van der Waals surface area contributed by atoms with Crippen LogP contribution >= 0.6 is 0 Å². The molecule has 1 heterocycles. The number of aryl methyl sites for hydroxylation is 1. The average Bonchev–Trinajstić information content (AvgIpc) is 3.02. The topological polar surface area (TPSA) is 49.2 Å². The third kappa shape index (κ3) is 9.78. The lowest BCUT2D eigenvalue weighted by Crippen LogP contribution is -2.52. The number of aromatic nitrogens is 3. The molecule has 0 bridgehead atoms. The summed E-state index contributed by atoms with van der Waals surface area (Å²) in [4.78, 5) is 1.99. The summed E-state index contributed by atoms with van der Waals surface area (Å²) in [6, 6.07) is 5.81. The Labute approximate surface area is 220 Å². The van der Waals surface area contributed by atoms with E-state index in [2.05, 4.69) is 97.2 Å². The van der Waals surface area contributed by atoms with Crippen LogP contribution in [0.1, 0.15) is 25.7 Å². The van der Waals surface area contributed by atoms with Crippen LogP contribution in [-0.4, -0.2) is 56.3 Å². The van der Waals surface area contributed by atoms with Crippen LogP contribution in [0.2, 0.25) is 91.2 Å². The van der Waals surface area contributed by atoms with Gasteiger partial charge in [-0.15, -0.1) is 0 Å². The molecule has 5 nitrogen and oxygen atoms in total. The molecule has 10 heteroatoms. The van der Waals surface area contributed by atoms with Crippen LogP contribution in [0.4, 0.5) is 0 Å². The zero-order valence-electron chi connectivity index (χ0n) is 25.1. The minimum absolute atomic E-state index is 0.899. The molecule has 0 N–H and O–H groups in total. The minimum atomic E-state index is -2.11. The van der Waals surface area contributed by atoms with Gasteiger partial charge in [-0.3, -0.25) is 0 Å². The van der Waals surface area contributed by atoms with Gasteiger partial charge in [0.25, 0.3) is 0 Å². The van der Waals surface area contributed by atoms with Gasteiger partial charge in [0.1, 0.15) is 11.0 Å². The molecule has 0 fully saturated rings. The molecule has 0 saturated carbocycles. The summed E-state index contributed by atoms with van der Waals surface area (Å²) in [6.45, 7) is 31.4. The fourth-order valence-corrected chi connectivity index (χ4v) is 20.4. The van der Waals surface area contributed by atoms with E-state index < -0.39 is 41.3 Å². The molecule has 0 aliphatic carbocycles. The van der Waals surface area contributed by atoms with Crippen molar-refractivity contribution < 1.29 is 8.23 Å². The van der Waals surface area contributed by atoms with Gasteiger partial charge in [0.2, 0.25) is 0 Å². The van der Waals surface area contributed by atoms with Crippen LogP contribution < -0.4 is 10.4 Å². The van der Waals surface area contributed by atoms with Gasteiger partial charge >= 0.3 is 8.56 Å². The average molecular weight is 568 g/mol. The highest BCUT2D eigenvalue weighted by atomic mass is 28.5. The van der Waals surface area contributed by atoms with Gasteiger partial charge in [-0.1, -0.05) is 70.7 Å². The number of hydrogen-bond donors (Lipinski definition) is 0. The van der Waals surface area contributed by atoms with Crippen molar-refractivity contribution in [3.05, 3.63) is 12.1 Å². The third-order valence-electron chi connectivity index (χ3n) is 5.98.